The molecule has 0 bridgehead atoms. The van der Waals surface area contributed by atoms with E-state index in [0.717, 1.165) is 12.1 Å². The molecule has 1 amide bonds. The largest absolute Gasteiger partial charge is 0.416 e. The van der Waals surface area contributed by atoms with Gasteiger partial charge in [0.1, 0.15) is 5.69 Å². The highest BCUT2D eigenvalue weighted by atomic mass is 19.4. The van der Waals surface area contributed by atoms with Crippen LogP contribution in [0.1, 0.15) is 21.7 Å². The number of rotatable bonds is 6. The van der Waals surface area contributed by atoms with Crippen molar-refractivity contribution in [2.75, 3.05) is 32.5 Å². The fourth-order valence-electron chi connectivity index (χ4n) is 2.13. The predicted molar refractivity (Wildman–Crippen MR) is 92.4 cm³/mol. The second-order valence-corrected chi connectivity index (χ2v) is 5.98. The number of carbonyl (C=O) groups excluding carboxylic acids is 1. The number of nitrogens with one attached hydrogen (secondary N) is 2. The van der Waals surface area contributed by atoms with Crippen LogP contribution in [-0.4, -0.2) is 48.0 Å². The molecule has 140 valence electrons. The molecule has 0 unspecified atom stereocenters. The van der Waals surface area contributed by atoms with Gasteiger partial charge in [0.05, 0.1) is 5.56 Å². The van der Waals surface area contributed by atoms with Gasteiger partial charge in [-0.1, -0.05) is 6.07 Å². The Hall–Kier alpha value is -2.68. The van der Waals surface area contributed by atoms with Gasteiger partial charge in [0, 0.05) is 24.5 Å². The van der Waals surface area contributed by atoms with Gasteiger partial charge in [-0.3, -0.25) is 4.79 Å². The summed E-state index contributed by atoms with van der Waals surface area (Å²) in [6, 6.07) is 6.21. The summed E-state index contributed by atoms with van der Waals surface area (Å²) >= 11 is 0. The third-order valence-corrected chi connectivity index (χ3v) is 3.38. The molecule has 1 heterocycles. The lowest BCUT2D eigenvalue weighted by atomic mass is 10.2. The van der Waals surface area contributed by atoms with Gasteiger partial charge in [0.15, 0.2) is 0 Å². The monoisotopic (exact) mass is 367 g/mol. The fraction of sp³-hybridized carbons (Fsp3) is 0.353. The predicted octanol–water partition coefficient (Wildman–Crippen LogP) is 2.84. The van der Waals surface area contributed by atoms with Crippen LogP contribution < -0.4 is 10.6 Å². The highest BCUT2D eigenvalue weighted by Gasteiger charge is 2.30. The Morgan fingerprint density at radius 2 is 1.92 bits per heavy atom. The molecule has 0 aliphatic rings. The van der Waals surface area contributed by atoms with E-state index in [2.05, 4.69) is 20.6 Å². The molecule has 1 aromatic carbocycles. The first kappa shape index (κ1) is 19.6. The number of anilines is 2. The summed E-state index contributed by atoms with van der Waals surface area (Å²) in [6.07, 6.45) is -4.44. The normalized spacial score (nSPS) is 11.5. The van der Waals surface area contributed by atoms with Gasteiger partial charge in [-0.25, -0.2) is 9.97 Å². The summed E-state index contributed by atoms with van der Waals surface area (Å²) < 4.78 is 38.4. The molecule has 0 saturated carbocycles. The zero-order valence-corrected chi connectivity index (χ0v) is 14.7. The Morgan fingerprint density at radius 1 is 1.19 bits per heavy atom. The number of nitrogens with zero attached hydrogens (tertiary/aromatic N) is 3. The second-order valence-electron chi connectivity index (χ2n) is 5.98. The average Bonchev–Trinajstić information content (AvgIpc) is 2.53. The molecule has 0 spiro atoms. The summed E-state index contributed by atoms with van der Waals surface area (Å²) in [5.41, 5.74) is 0.0687. The number of carbonyl (C=O) groups is 1. The van der Waals surface area contributed by atoms with Gasteiger partial charge in [0.2, 0.25) is 5.95 Å². The Balaban J connectivity index is 2.16. The molecule has 2 aromatic rings. The van der Waals surface area contributed by atoms with Crippen molar-refractivity contribution in [3.63, 3.8) is 0 Å². The maximum absolute atomic E-state index is 12.8. The third-order valence-electron chi connectivity index (χ3n) is 3.38. The average molecular weight is 367 g/mol. The first-order valence-electron chi connectivity index (χ1n) is 7.88. The molecule has 26 heavy (non-hydrogen) atoms. The maximum Gasteiger partial charge on any atom is 0.416 e. The van der Waals surface area contributed by atoms with Crippen molar-refractivity contribution >= 4 is 17.5 Å². The lowest BCUT2D eigenvalue weighted by molar-refractivity contribution is -0.137. The molecular weight excluding hydrogens is 347 g/mol. The molecule has 0 atom stereocenters. The number of aromatic nitrogens is 2. The van der Waals surface area contributed by atoms with Gasteiger partial charge in [-0.15, -0.1) is 0 Å². The van der Waals surface area contributed by atoms with Gasteiger partial charge >= 0.3 is 6.18 Å². The number of halogens is 3. The van der Waals surface area contributed by atoms with E-state index in [4.69, 9.17) is 0 Å². The number of benzene rings is 1. The number of alkyl halides is 3. The van der Waals surface area contributed by atoms with E-state index in [1.807, 2.05) is 19.0 Å². The van der Waals surface area contributed by atoms with Crippen LogP contribution in [0.3, 0.4) is 0 Å². The van der Waals surface area contributed by atoms with E-state index in [9.17, 15) is 18.0 Å². The van der Waals surface area contributed by atoms with Crippen LogP contribution in [0.2, 0.25) is 0 Å². The number of hydrogen-bond donors (Lipinski definition) is 2. The van der Waals surface area contributed by atoms with E-state index in [1.165, 1.54) is 18.2 Å². The minimum absolute atomic E-state index is 0.0575. The quantitative estimate of drug-likeness (QED) is 0.822. The van der Waals surface area contributed by atoms with E-state index in [1.54, 1.807) is 6.92 Å². The molecule has 2 rings (SSSR count). The molecular formula is C17H20F3N5O. The zero-order chi connectivity index (χ0) is 19.3. The summed E-state index contributed by atoms with van der Waals surface area (Å²) in [4.78, 5) is 22.3. The number of aryl methyl sites for hydroxylation is 1. The van der Waals surface area contributed by atoms with Gasteiger partial charge in [-0.05, 0) is 45.3 Å². The minimum Gasteiger partial charge on any atom is -0.349 e. The first-order valence-corrected chi connectivity index (χ1v) is 7.88. The van der Waals surface area contributed by atoms with Gasteiger partial charge in [0.25, 0.3) is 5.91 Å². The molecule has 0 fully saturated rings. The fourth-order valence-corrected chi connectivity index (χ4v) is 2.13. The molecule has 6 nitrogen and oxygen atoms in total. The van der Waals surface area contributed by atoms with Crippen LogP contribution in [0.15, 0.2) is 30.3 Å². The third kappa shape index (κ3) is 5.69. The molecule has 2 N–H and O–H groups in total. The standard InChI is InChI=1S/C17H20F3N5O/c1-11-9-14(15(26)21-7-8-25(2)3)24-16(22-11)23-13-6-4-5-12(10-13)17(18,19)20/h4-6,9-10H,7-8H2,1-3H3,(H,21,26)(H,22,23,24). The van der Waals surface area contributed by atoms with Crippen LogP contribution in [0, 0.1) is 6.92 Å². The van der Waals surface area contributed by atoms with Crippen LogP contribution in [0.4, 0.5) is 24.8 Å². The van der Waals surface area contributed by atoms with Crippen molar-refractivity contribution in [3.05, 3.63) is 47.3 Å². The van der Waals surface area contributed by atoms with Gasteiger partial charge in [-0.2, -0.15) is 13.2 Å². The van der Waals surface area contributed by atoms with Crippen molar-refractivity contribution in [1.82, 2.24) is 20.2 Å². The first-order chi connectivity index (χ1) is 12.1. The van der Waals surface area contributed by atoms with Crippen LogP contribution >= 0.6 is 0 Å². The molecule has 0 radical (unpaired) electrons. The van der Waals surface area contributed by atoms with E-state index in [-0.39, 0.29) is 23.2 Å². The van der Waals surface area contributed by atoms with Gasteiger partial charge < -0.3 is 15.5 Å². The van der Waals surface area contributed by atoms with Crippen molar-refractivity contribution in [3.8, 4) is 0 Å². The van der Waals surface area contributed by atoms with Crippen molar-refractivity contribution < 1.29 is 18.0 Å². The lowest BCUT2D eigenvalue weighted by Crippen LogP contribution is -2.32. The summed E-state index contributed by atoms with van der Waals surface area (Å²) in [5.74, 6) is -0.313. The number of amides is 1. The number of likely N-dealkylation sites (N-methyl/N-ethyl adjacent to an activating group) is 1. The molecule has 0 aliphatic heterocycles. The Morgan fingerprint density at radius 3 is 2.58 bits per heavy atom. The van der Waals surface area contributed by atoms with Crippen molar-refractivity contribution in [2.24, 2.45) is 0 Å². The molecule has 9 heteroatoms. The number of hydrogen-bond acceptors (Lipinski definition) is 5. The zero-order valence-electron chi connectivity index (χ0n) is 14.7. The molecule has 0 aliphatic carbocycles. The topological polar surface area (TPSA) is 70.2 Å². The van der Waals surface area contributed by atoms with Crippen LogP contribution in [0.5, 0.6) is 0 Å². The summed E-state index contributed by atoms with van der Waals surface area (Å²) in [6.45, 7) is 2.80. The summed E-state index contributed by atoms with van der Waals surface area (Å²) in [5, 5.41) is 5.45. The Bertz CT molecular complexity index is 777. The van der Waals surface area contributed by atoms with Crippen LogP contribution in [-0.2, 0) is 6.18 Å². The highest BCUT2D eigenvalue weighted by Crippen LogP contribution is 2.31. The van der Waals surface area contributed by atoms with Crippen molar-refractivity contribution in [2.45, 2.75) is 13.1 Å². The van der Waals surface area contributed by atoms with Crippen LogP contribution in [0.25, 0.3) is 0 Å². The van der Waals surface area contributed by atoms with E-state index >= 15 is 0 Å². The Labute approximate surface area is 149 Å². The molecule has 1 aromatic heterocycles. The second kappa shape index (κ2) is 8.13. The van der Waals surface area contributed by atoms with E-state index < -0.39 is 11.7 Å². The lowest BCUT2D eigenvalue weighted by Gasteiger charge is -2.12. The molecule has 0 saturated heterocycles. The SMILES string of the molecule is Cc1cc(C(=O)NCCN(C)C)nc(Nc2cccc(C(F)(F)F)c2)n1. The minimum atomic E-state index is -4.44. The maximum atomic E-state index is 12.8. The van der Waals surface area contributed by atoms with E-state index in [0.29, 0.717) is 18.8 Å². The van der Waals surface area contributed by atoms with Crippen molar-refractivity contribution in [1.29, 1.82) is 0 Å². The summed E-state index contributed by atoms with van der Waals surface area (Å²) in [7, 11) is 3.77. The highest BCUT2D eigenvalue weighted by molar-refractivity contribution is 5.92. The smallest absolute Gasteiger partial charge is 0.349 e. The Kier molecular flexibility index (Phi) is 6.14.